The first-order valence-electron chi connectivity index (χ1n) is 11.3. The quantitative estimate of drug-likeness (QED) is 0.226. The minimum absolute atomic E-state index is 0.203. The van der Waals surface area contributed by atoms with Crippen LogP contribution in [0.3, 0.4) is 0 Å². The van der Waals surface area contributed by atoms with Gasteiger partial charge in [-0.3, -0.25) is 9.36 Å². The summed E-state index contributed by atoms with van der Waals surface area (Å²) in [4.78, 5) is 32.6. The van der Waals surface area contributed by atoms with Crippen LogP contribution < -0.4 is 14.9 Å². The summed E-state index contributed by atoms with van der Waals surface area (Å²) in [6, 6.07) is 23.9. The Hall–Kier alpha value is -3.01. The molecule has 1 aromatic heterocycles. The van der Waals surface area contributed by atoms with E-state index < -0.39 is 12.0 Å². The molecule has 0 radical (unpaired) electrons. The molecule has 0 fully saturated rings. The standard InChI is InChI=1S/C28H20ClIN2O3S/c1-2-35-27(34)23-24(18-8-4-3-5-9-18)31-28-32(25(23)19-11-13-20(29)14-12-19)26(33)22(36-28)16-17-7-6-10-21(30)15-17/h3-16,25H,2H2,1H3/b22-16+/t25-/m1/s1. The second-order valence-corrected chi connectivity index (χ2v) is 10.7. The first-order valence-corrected chi connectivity index (χ1v) is 13.5. The van der Waals surface area contributed by atoms with E-state index >= 15 is 0 Å². The van der Waals surface area contributed by atoms with Crippen molar-refractivity contribution in [1.29, 1.82) is 0 Å². The Morgan fingerprint density at radius 2 is 1.86 bits per heavy atom. The molecule has 0 aliphatic carbocycles. The fourth-order valence-electron chi connectivity index (χ4n) is 4.15. The van der Waals surface area contributed by atoms with Gasteiger partial charge in [-0.15, -0.1) is 0 Å². The molecule has 1 atom stereocenters. The molecule has 0 saturated carbocycles. The lowest BCUT2D eigenvalue weighted by molar-refractivity contribution is -0.138. The third-order valence-electron chi connectivity index (χ3n) is 5.71. The fraction of sp³-hybridized carbons (Fsp3) is 0.107. The van der Waals surface area contributed by atoms with Gasteiger partial charge in [0, 0.05) is 14.2 Å². The van der Waals surface area contributed by atoms with Crippen LogP contribution in [0.1, 0.15) is 29.7 Å². The van der Waals surface area contributed by atoms with Gasteiger partial charge < -0.3 is 4.74 Å². The maximum absolute atomic E-state index is 13.8. The number of hydrogen-bond donors (Lipinski definition) is 0. The second kappa shape index (κ2) is 10.5. The highest BCUT2D eigenvalue weighted by atomic mass is 127. The van der Waals surface area contributed by atoms with Crippen molar-refractivity contribution in [2.45, 2.75) is 13.0 Å². The van der Waals surface area contributed by atoms with Crippen molar-refractivity contribution in [2.24, 2.45) is 4.99 Å². The zero-order chi connectivity index (χ0) is 25.2. The van der Waals surface area contributed by atoms with E-state index in [-0.39, 0.29) is 12.2 Å². The number of carbonyl (C=O) groups excluding carboxylic acids is 1. The zero-order valence-electron chi connectivity index (χ0n) is 19.2. The molecular weight excluding hydrogens is 607 g/mol. The zero-order valence-corrected chi connectivity index (χ0v) is 22.9. The monoisotopic (exact) mass is 626 g/mol. The summed E-state index contributed by atoms with van der Waals surface area (Å²) in [7, 11) is 0. The summed E-state index contributed by atoms with van der Waals surface area (Å²) in [6.45, 7) is 1.96. The Labute approximate surface area is 230 Å². The van der Waals surface area contributed by atoms with Gasteiger partial charge in [-0.2, -0.15) is 0 Å². The highest BCUT2D eigenvalue weighted by Gasteiger charge is 2.35. The SMILES string of the molecule is CCOC(=O)C1=C(c2ccccc2)N=c2s/c(=C/c3cccc(I)c3)c(=O)n2[C@@H]1c1ccc(Cl)cc1. The van der Waals surface area contributed by atoms with Crippen LogP contribution in [0.5, 0.6) is 0 Å². The number of thiazole rings is 1. The van der Waals surface area contributed by atoms with Gasteiger partial charge in [-0.25, -0.2) is 9.79 Å². The summed E-state index contributed by atoms with van der Waals surface area (Å²) in [5.41, 5.74) is 3.03. The summed E-state index contributed by atoms with van der Waals surface area (Å²) in [6.07, 6.45) is 1.86. The average molecular weight is 627 g/mol. The van der Waals surface area contributed by atoms with Gasteiger partial charge in [-0.05, 0) is 71.0 Å². The lowest BCUT2D eigenvalue weighted by Crippen LogP contribution is -2.40. The third kappa shape index (κ3) is 4.83. The number of ether oxygens (including phenoxy) is 1. The third-order valence-corrected chi connectivity index (χ3v) is 7.61. The van der Waals surface area contributed by atoms with Crippen LogP contribution in [0.4, 0.5) is 0 Å². The number of fused-ring (bicyclic) bond motifs is 1. The van der Waals surface area contributed by atoms with E-state index in [0.717, 1.165) is 20.3 Å². The van der Waals surface area contributed by atoms with Gasteiger partial charge >= 0.3 is 5.97 Å². The van der Waals surface area contributed by atoms with Crippen molar-refractivity contribution in [3.05, 3.63) is 129 Å². The van der Waals surface area contributed by atoms with Crippen LogP contribution in [0.25, 0.3) is 11.8 Å². The van der Waals surface area contributed by atoms with E-state index in [1.807, 2.05) is 72.8 Å². The van der Waals surface area contributed by atoms with Gasteiger partial charge in [-0.1, -0.05) is 77.5 Å². The Balaban J connectivity index is 1.83. The molecule has 0 N–H and O–H groups in total. The molecule has 180 valence electrons. The normalized spacial score (nSPS) is 15.4. The molecule has 5 rings (SSSR count). The minimum atomic E-state index is -0.717. The molecule has 2 heterocycles. The average Bonchev–Trinajstić information content (AvgIpc) is 3.19. The number of halogens is 2. The Morgan fingerprint density at radius 1 is 1.11 bits per heavy atom. The van der Waals surface area contributed by atoms with E-state index in [1.54, 1.807) is 23.6 Å². The molecule has 1 aliphatic heterocycles. The molecule has 8 heteroatoms. The first-order chi connectivity index (χ1) is 17.5. The summed E-state index contributed by atoms with van der Waals surface area (Å²) in [5, 5.41) is 0.565. The highest BCUT2D eigenvalue weighted by molar-refractivity contribution is 14.1. The van der Waals surface area contributed by atoms with Gasteiger partial charge in [0.05, 0.1) is 28.5 Å². The molecule has 1 aliphatic rings. The highest BCUT2D eigenvalue weighted by Crippen LogP contribution is 2.35. The smallest absolute Gasteiger partial charge is 0.338 e. The van der Waals surface area contributed by atoms with Crippen LogP contribution in [0.15, 0.2) is 94.2 Å². The lowest BCUT2D eigenvalue weighted by Gasteiger charge is -2.25. The summed E-state index contributed by atoms with van der Waals surface area (Å²) >= 11 is 9.72. The number of aromatic nitrogens is 1. The van der Waals surface area contributed by atoms with E-state index in [2.05, 4.69) is 22.6 Å². The number of benzene rings is 3. The number of rotatable bonds is 5. The maximum atomic E-state index is 13.8. The number of hydrogen-bond acceptors (Lipinski definition) is 5. The van der Waals surface area contributed by atoms with Gasteiger partial charge in [0.15, 0.2) is 4.80 Å². The van der Waals surface area contributed by atoms with Crippen molar-refractivity contribution in [1.82, 2.24) is 4.57 Å². The first kappa shape index (κ1) is 24.7. The predicted octanol–water partition coefficient (Wildman–Crippen LogP) is 5.19. The Bertz CT molecular complexity index is 1660. The molecule has 0 unspecified atom stereocenters. The van der Waals surface area contributed by atoms with Gasteiger partial charge in [0.25, 0.3) is 5.56 Å². The molecule has 0 spiro atoms. The molecule has 3 aromatic carbocycles. The van der Waals surface area contributed by atoms with Crippen LogP contribution in [0.2, 0.25) is 5.02 Å². The number of nitrogens with zero attached hydrogens (tertiary/aromatic N) is 2. The van der Waals surface area contributed by atoms with E-state index in [9.17, 15) is 9.59 Å². The molecule has 0 amide bonds. The topological polar surface area (TPSA) is 60.7 Å². The van der Waals surface area contributed by atoms with Crippen LogP contribution in [-0.4, -0.2) is 17.1 Å². The van der Waals surface area contributed by atoms with Gasteiger partial charge in [0.2, 0.25) is 0 Å². The van der Waals surface area contributed by atoms with Crippen molar-refractivity contribution < 1.29 is 9.53 Å². The lowest BCUT2D eigenvalue weighted by atomic mass is 9.93. The van der Waals surface area contributed by atoms with Crippen LogP contribution in [-0.2, 0) is 9.53 Å². The van der Waals surface area contributed by atoms with Crippen molar-refractivity contribution in [2.75, 3.05) is 6.61 Å². The Morgan fingerprint density at radius 3 is 2.56 bits per heavy atom. The minimum Gasteiger partial charge on any atom is -0.463 e. The fourth-order valence-corrected chi connectivity index (χ4v) is 5.84. The van der Waals surface area contributed by atoms with Crippen LogP contribution >= 0.6 is 45.5 Å². The number of esters is 1. The maximum Gasteiger partial charge on any atom is 0.338 e. The molecule has 0 bridgehead atoms. The van der Waals surface area contributed by atoms with Gasteiger partial charge in [0.1, 0.15) is 0 Å². The van der Waals surface area contributed by atoms with E-state index in [4.69, 9.17) is 21.3 Å². The van der Waals surface area contributed by atoms with E-state index in [1.165, 1.54) is 11.3 Å². The van der Waals surface area contributed by atoms with Crippen molar-refractivity contribution in [3.8, 4) is 0 Å². The largest absolute Gasteiger partial charge is 0.463 e. The molecule has 4 aromatic rings. The molecular formula is C28H20ClIN2O3S. The van der Waals surface area contributed by atoms with Crippen LogP contribution in [0, 0.1) is 3.57 Å². The Kier molecular flexibility index (Phi) is 7.22. The summed E-state index contributed by atoms with van der Waals surface area (Å²) in [5.74, 6) is -0.507. The van der Waals surface area contributed by atoms with Crippen molar-refractivity contribution >= 4 is 63.3 Å². The second-order valence-electron chi connectivity index (χ2n) is 8.04. The predicted molar refractivity (Wildman–Crippen MR) is 152 cm³/mol. The van der Waals surface area contributed by atoms with E-state index in [0.29, 0.717) is 25.6 Å². The summed E-state index contributed by atoms with van der Waals surface area (Å²) < 4.78 is 8.67. The number of carbonyl (C=O) groups is 1. The molecule has 0 saturated heterocycles. The van der Waals surface area contributed by atoms with Crippen molar-refractivity contribution in [3.63, 3.8) is 0 Å². The molecule has 5 nitrogen and oxygen atoms in total. The molecule has 36 heavy (non-hydrogen) atoms.